The number of aryl methyl sites for hydroxylation is 1. The molecule has 2 unspecified atom stereocenters. The Kier molecular flexibility index (Phi) is 7.67. The number of nitrogens with zero attached hydrogens (tertiary/aromatic N) is 2. The number of hydrogen-bond acceptors (Lipinski definition) is 4. The molecule has 2 aromatic carbocycles. The number of carbonyl (C=O) groups excluding carboxylic acids is 2. The van der Waals surface area contributed by atoms with Crippen molar-refractivity contribution < 1.29 is 18.7 Å². The number of nitrogens with one attached hydrogen (secondary N) is 1. The first-order valence-electron chi connectivity index (χ1n) is 13.3. The van der Waals surface area contributed by atoms with E-state index < -0.39 is 11.2 Å². The van der Waals surface area contributed by atoms with Crippen LogP contribution in [-0.4, -0.2) is 62.1 Å². The maximum atomic E-state index is 13.7. The van der Waals surface area contributed by atoms with Crippen molar-refractivity contribution >= 4 is 17.5 Å². The lowest BCUT2D eigenvalue weighted by atomic mass is 9.71. The first-order valence-corrected chi connectivity index (χ1v) is 13.3. The van der Waals surface area contributed by atoms with Gasteiger partial charge in [-0.05, 0) is 81.0 Å². The van der Waals surface area contributed by atoms with Crippen LogP contribution in [0.2, 0.25) is 0 Å². The zero-order valence-corrected chi connectivity index (χ0v) is 20.9. The summed E-state index contributed by atoms with van der Waals surface area (Å²) in [4.78, 5) is 30.8. The van der Waals surface area contributed by atoms with Crippen LogP contribution < -0.4 is 10.2 Å². The second-order valence-electron chi connectivity index (χ2n) is 10.5. The highest BCUT2D eigenvalue weighted by Gasteiger charge is 2.49. The SMILES string of the molecule is O=C(NC1CCCC2(CCN(c3cccc(CCCN4CCOCC4)c3)C2=O)C1)c1cccc(F)c1. The number of benzene rings is 2. The summed E-state index contributed by atoms with van der Waals surface area (Å²) in [5.41, 5.74) is 2.13. The van der Waals surface area contributed by atoms with Gasteiger partial charge in [0.05, 0.1) is 18.6 Å². The number of ether oxygens (including phenoxy) is 1. The molecule has 2 amide bonds. The van der Waals surface area contributed by atoms with Crippen LogP contribution in [0.3, 0.4) is 0 Å². The van der Waals surface area contributed by atoms with Crippen LogP contribution in [0, 0.1) is 11.2 Å². The lowest BCUT2D eigenvalue weighted by Gasteiger charge is -2.37. The van der Waals surface area contributed by atoms with Gasteiger partial charge in [-0.3, -0.25) is 14.5 Å². The Labute approximate surface area is 212 Å². The van der Waals surface area contributed by atoms with Crippen LogP contribution in [-0.2, 0) is 16.0 Å². The number of morpholine rings is 1. The van der Waals surface area contributed by atoms with E-state index in [1.807, 2.05) is 11.0 Å². The third kappa shape index (κ3) is 5.62. The van der Waals surface area contributed by atoms with Crippen molar-refractivity contribution in [2.45, 2.75) is 51.0 Å². The molecule has 2 heterocycles. The van der Waals surface area contributed by atoms with Crippen LogP contribution in [0.15, 0.2) is 48.5 Å². The van der Waals surface area contributed by atoms with Crippen molar-refractivity contribution in [1.82, 2.24) is 10.2 Å². The van der Waals surface area contributed by atoms with Gasteiger partial charge in [-0.1, -0.05) is 24.6 Å². The minimum absolute atomic E-state index is 0.0788. The summed E-state index contributed by atoms with van der Waals surface area (Å²) in [5.74, 6) is -0.519. The fraction of sp³-hybridized carbons (Fsp3) is 0.517. The first kappa shape index (κ1) is 24.9. The van der Waals surface area contributed by atoms with Gasteiger partial charge in [-0.2, -0.15) is 0 Å². The molecule has 1 aliphatic carbocycles. The molecule has 1 N–H and O–H groups in total. The topological polar surface area (TPSA) is 61.9 Å². The van der Waals surface area contributed by atoms with Crippen LogP contribution in [0.4, 0.5) is 10.1 Å². The van der Waals surface area contributed by atoms with Gasteiger partial charge in [0.15, 0.2) is 0 Å². The van der Waals surface area contributed by atoms with Gasteiger partial charge in [-0.25, -0.2) is 4.39 Å². The standard InChI is InChI=1S/C29H36FN3O3/c30-24-8-2-7-23(20-24)27(34)31-25-9-3-11-29(21-25)12-14-33(28(29)35)26-10-1-5-22(19-26)6-4-13-32-15-17-36-18-16-32/h1-2,5,7-8,10,19-20,25H,3-4,6,9,11-18,21H2,(H,31,34). The van der Waals surface area contributed by atoms with Crippen LogP contribution in [0.25, 0.3) is 0 Å². The summed E-state index contributed by atoms with van der Waals surface area (Å²) in [6, 6.07) is 14.1. The predicted octanol–water partition coefficient (Wildman–Crippen LogP) is 4.19. The number of carbonyl (C=O) groups is 2. The fourth-order valence-electron chi connectivity index (χ4n) is 6.08. The average Bonchev–Trinajstić information content (AvgIpc) is 3.19. The Morgan fingerprint density at radius 2 is 1.92 bits per heavy atom. The maximum absolute atomic E-state index is 13.7. The average molecular weight is 494 g/mol. The van der Waals surface area contributed by atoms with E-state index in [2.05, 4.69) is 28.4 Å². The summed E-state index contributed by atoms with van der Waals surface area (Å²) in [6.07, 6.45) is 6.13. The molecular formula is C29H36FN3O3. The monoisotopic (exact) mass is 493 g/mol. The molecule has 1 spiro atoms. The zero-order valence-electron chi connectivity index (χ0n) is 20.9. The normalized spacial score (nSPS) is 24.9. The highest BCUT2D eigenvalue weighted by Crippen LogP contribution is 2.46. The van der Waals surface area contributed by atoms with Crippen molar-refractivity contribution in [3.05, 3.63) is 65.5 Å². The quantitative estimate of drug-likeness (QED) is 0.629. The zero-order chi connectivity index (χ0) is 25.0. The molecule has 0 radical (unpaired) electrons. The molecule has 0 aromatic heterocycles. The third-order valence-electron chi connectivity index (χ3n) is 8.05. The maximum Gasteiger partial charge on any atom is 0.251 e. The van der Waals surface area contributed by atoms with Gasteiger partial charge in [0.1, 0.15) is 5.82 Å². The first-order chi connectivity index (χ1) is 17.5. The molecule has 3 aliphatic rings. The van der Waals surface area contributed by atoms with Gasteiger partial charge in [-0.15, -0.1) is 0 Å². The highest BCUT2D eigenvalue weighted by atomic mass is 19.1. The largest absolute Gasteiger partial charge is 0.379 e. The summed E-state index contributed by atoms with van der Waals surface area (Å²) in [5, 5.41) is 3.06. The summed E-state index contributed by atoms with van der Waals surface area (Å²) >= 11 is 0. The van der Waals surface area contributed by atoms with Gasteiger partial charge in [0.2, 0.25) is 5.91 Å². The highest BCUT2D eigenvalue weighted by molar-refractivity contribution is 6.00. The van der Waals surface area contributed by atoms with E-state index in [-0.39, 0.29) is 17.9 Å². The van der Waals surface area contributed by atoms with Crippen LogP contribution >= 0.6 is 0 Å². The van der Waals surface area contributed by atoms with E-state index in [0.29, 0.717) is 18.5 Å². The Hall–Kier alpha value is -2.77. The molecule has 2 atom stereocenters. The van der Waals surface area contributed by atoms with Crippen molar-refractivity contribution in [2.24, 2.45) is 5.41 Å². The minimum Gasteiger partial charge on any atom is -0.379 e. The number of rotatable bonds is 7. The Morgan fingerprint density at radius 1 is 1.08 bits per heavy atom. The number of amides is 2. The number of anilines is 1. The fourth-order valence-corrected chi connectivity index (χ4v) is 6.08. The predicted molar refractivity (Wildman–Crippen MR) is 138 cm³/mol. The van der Waals surface area contributed by atoms with E-state index in [1.165, 1.54) is 17.7 Å². The number of halogens is 1. The second kappa shape index (κ2) is 11.1. The summed E-state index contributed by atoms with van der Waals surface area (Å²) < 4.78 is 19.0. The van der Waals surface area contributed by atoms with Gasteiger partial charge in [0, 0.05) is 36.9 Å². The van der Waals surface area contributed by atoms with E-state index in [9.17, 15) is 14.0 Å². The lowest BCUT2D eigenvalue weighted by molar-refractivity contribution is -0.127. The van der Waals surface area contributed by atoms with Gasteiger partial charge >= 0.3 is 0 Å². The molecule has 2 aliphatic heterocycles. The van der Waals surface area contributed by atoms with Gasteiger partial charge < -0.3 is 15.0 Å². The third-order valence-corrected chi connectivity index (χ3v) is 8.05. The molecule has 3 fully saturated rings. The molecule has 0 bridgehead atoms. The summed E-state index contributed by atoms with van der Waals surface area (Å²) in [6.45, 7) is 5.44. The van der Waals surface area contributed by atoms with Crippen molar-refractivity contribution in [2.75, 3.05) is 44.3 Å². The Bertz CT molecular complexity index is 1090. The Balaban J connectivity index is 1.19. The van der Waals surface area contributed by atoms with E-state index >= 15 is 0 Å². The molecule has 1 saturated carbocycles. The Morgan fingerprint density at radius 3 is 2.75 bits per heavy atom. The lowest BCUT2D eigenvalue weighted by Crippen LogP contribution is -2.46. The van der Waals surface area contributed by atoms with Gasteiger partial charge in [0.25, 0.3) is 5.91 Å². The molecule has 2 aromatic rings. The second-order valence-corrected chi connectivity index (χ2v) is 10.5. The van der Waals surface area contributed by atoms with E-state index in [1.54, 1.807) is 12.1 Å². The molecule has 7 heteroatoms. The van der Waals surface area contributed by atoms with Crippen molar-refractivity contribution in [3.63, 3.8) is 0 Å². The molecule has 36 heavy (non-hydrogen) atoms. The molecular weight excluding hydrogens is 457 g/mol. The summed E-state index contributed by atoms with van der Waals surface area (Å²) in [7, 11) is 0. The van der Waals surface area contributed by atoms with Crippen molar-refractivity contribution in [3.8, 4) is 0 Å². The van der Waals surface area contributed by atoms with Crippen LogP contribution in [0.5, 0.6) is 0 Å². The van der Waals surface area contributed by atoms with Crippen molar-refractivity contribution in [1.29, 1.82) is 0 Å². The van der Waals surface area contributed by atoms with Crippen LogP contribution in [0.1, 0.15) is 54.4 Å². The number of hydrogen-bond donors (Lipinski definition) is 1. The van der Waals surface area contributed by atoms with E-state index in [0.717, 1.165) is 77.1 Å². The molecule has 5 rings (SSSR count). The van der Waals surface area contributed by atoms with E-state index in [4.69, 9.17) is 4.74 Å². The minimum atomic E-state index is -0.426. The molecule has 192 valence electrons. The smallest absolute Gasteiger partial charge is 0.251 e. The molecule has 2 saturated heterocycles. The molecule has 6 nitrogen and oxygen atoms in total.